The summed E-state index contributed by atoms with van der Waals surface area (Å²) >= 11 is 0. The molecule has 1 N–H and O–H groups in total. The Bertz CT molecular complexity index is 866. The zero-order valence-electron chi connectivity index (χ0n) is 15.3. The van der Waals surface area contributed by atoms with Crippen molar-refractivity contribution in [2.45, 2.75) is 44.4 Å². The predicted molar refractivity (Wildman–Crippen MR) is 102 cm³/mol. The van der Waals surface area contributed by atoms with E-state index >= 15 is 0 Å². The molecule has 1 amide bonds. The lowest BCUT2D eigenvalue weighted by Gasteiger charge is -2.16. The molecule has 0 fully saturated rings. The number of nitrogens with one attached hydrogen (secondary N) is 1. The highest BCUT2D eigenvalue weighted by Crippen LogP contribution is 2.26. The van der Waals surface area contributed by atoms with Crippen LogP contribution in [0.4, 0.5) is 5.69 Å². The number of carbonyl (C=O) groups is 1. The van der Waals surface area contributed by atoms with Crippen molar-refractivity contribution in [2.24, 2.45) is 0 Å². The first-order valence-corrected chi connectivity index (χ1v) is 10.2. The summed E-state index contributed by atoms with van der Waals surface area (Å²) in [6, 6.07) is 12.1. The molecule has 25 heavy (non-hydrogen) atoms. The van der Waals surface area contributed by atoms with Crippen LogP contribution in [-0.4, -0.2) is 20.6 Å². The van der Waals surface area contributed by atoms with Gasteiger partial charge in [0.05, 0.1) is 4.90 Å². The molecule has 0 atom stereocenters. The van der Waals surface area contributed by atoms with Crippen LogP contribution in [0, 0.1) is 0 Å². The Morgan fingerprint density at radius 2 is 1.52 bits per heavy atom. The molecule has 0 unspecified atom stereocenters. The molecule has 0 spiro atoms. The van der Waals surface area contributed by atoms with Crippen LogP contribution >= 0.6 is 0 Å². The molecule has 2 rings (SSSR count). The van der Waals surface area contributed by atoms with Gasteiger partial charge in [-0.3, -0.25) is 4.79 Å². The molecular weight excluding hydrogens is 334 g/mol. The van der Waals surface area contributed by atoms with Crippen LogP contribution in [0.3, 0.4) is 0 Å². The van der Waals surface area contributed by atoms with E-state index in [4.69, 9.17) is 0 Å². The van der Waals surface area contributed by atoms with E-state index in [-0.39, 0.29) is 16.7 Å². The molecule has 134 valence electrons. The Hall–Kier alpha value is -2.14. The van der Waals surface area contributed by atoms with Crippen LogP contribution in [0.25, 0.3) is 0 Å². The maximum atomic E-state index is 12.7. The van der Waals surface area contributed by atoms with Gasteiger partial charge in [-0.05, 0) is 53.3 Å². The van der Waals surface area contributed by atoms with Crippen molar-refractivity contribution in [3.63, 3.8) is 0 Å². The van der Waals surface area contributed by atoms with Gasteiger partial charge < -0.3 is 5.32 Å². The second-order valence-electron chi connectivity index (χ2n) is 6.91. The average Bonchev–Trinajstić information content (AvgIpc) is 2.53. The monoisotopic (exact) mass is 359 g/mol. The van der Waals surface area contributed by atoms with Gasteiger partial charge in [-0.2, -0.15) is 0 Å². The average molecular weight is 359 g/mol. The molecule has 2 aromatic carbocycles. The Morgan fingerprint density at radius 1 is 0.920 bits per heavy atom. The van der Waals surface area contributed by atoms with Gasteiger partial charge in [-0.15, -0.1) is 0 Å². The zero-order valence-corrected chi connectivity index (χ0v) is 16.1. The van der Waals surface area contributed by atoms with Crippen molar-refractivity contribution < 1.29 is 13.2 Å². The number of hydrogen-bond donors (Lipinski definition) is 1. The van der Waals surface area contributed by atoms with Gasteiger partial charge >= 0.3 is 0 Å². The summed E-state index contributed by atoms with van der Waals surface area (Å²) in [4.78, 5) is 12.9. The summed E-state index contributed by atoms with van der Waals surface area (Å²) in [5, 5.41) is 2.85. The molecule has 0 saturated heterocycles. The predicted octanol–water partition coefficient (Wildman–Crippen LogP) is 4.59. The second kappa shape index (κ2) is 7.40. The van der Waals surface area contributed by atoms with Crippen LogP contribution in [0.5, 0.6) is 0 Å². The normalized spacial score (nSPS) is 11.8. The summed E-state index contributed by atoms with van der Waals surface area (Å²) in [5.41, 5.74) is 3.43. The number of sulfone groups is 1. The van der Waals surface area contributed by atoms with Crippen molar-refractivity contribution in [3.05, 3.63) is 59.2 Å². The van der Waals surface area contributed by atoms with Crippen molar-refractivity contribution in [1.29, 1.82) is 0 Å². The third-order valence-corrected chi connectivity index (χ3v) is 5.28. The van der Waals surface area contributed by atoms with E-state index in [9.17, 15) is 13.2 Å². The van der Waals surface area contributed by atoms with Crippen LogP contribution in [0.1, 0.15) is 61.0 Å². The number of benzene rings is 2. The molecule has 0 aliphatic heterocycles. The van der Waals surface area contributed by atoms with Gasteiger partial charge in [-0.1, -0.05) is 39.8 Å². The highest BCUT2D eigenvalue weighted by Gasteiger charge is 2.16. The van der Waals surface area contributed by atoms with E-state index in [0.717, 1.165) is 11.8 Å². The van der Waals surface area contributed by atoms with Gasteiger partial charge in [-0.25, -0.2) is 8.42 Å². The van der Waals surface area contributed by atoms with Crippen molar-refractivity contribution in [1.82, 2.24) is 0 Å². The summed E-state index contributed by atoms with van der Waals surface area (Å²) in [5.74, 6) is 0.441. The maximum Gasteiger partial charge on any atom is 0.255 e. The molecule has 5 heteroatoms. The first kappa shape index (κ1) is 19.2. The molecular formula is C20H25NO3S. The summed E-state index contributed by atoms with van der Waals surface area (Å²) in [6.45, 7) is 8.39. The fourth-order valence-electron chi connectivity index (χ4n) is 2.61. The molecule has 2 aromatic rings. The summed E-state index contributed by atoms with van der Waals surface area (Å²) < 4.78 is 23.0. The quantitative estimate of drug-likeness (QED) is 0.849. The van der Waals surface area contributed by atoms with E-state index in [0.29, 0.717) is 17.2 Å². The van der Waals surface area contributed by atoms with E-state index in [1.165, 1.54) is 17.7 Å². The zero-order chi connectivity index (χ0) is 18.8. The van der Waals surface area contributed by atoms with Crippen LogP contribution in [-0.2, 0) is 9.84 Å². The highest BCUT2D eigenvalue weighted by molar-refractivity contribution is 7.90. The summed E-state index contributed by atoms with van der Waals surface area (Å²) in [7, 11) is -3.24. The van der Waals surface area contributed by atoms with Crippen LogP contribution in [0.15, 0.2) is 47.4 Å². The van der Waals surface area contributed by atoms with E-state index < -0.39 is 9.84 Å². The van der Waals surface area contributed by atoms with E-state index in [1.54, 1.807) is 12.1 Å². The topological polar surface area (TPSA) is 63.2 Å². The Labute approximate surface area is 150 Å². The fourth-order valence-corrected chi connectivity index (χ4v) is 3.24. The second-order valence-corrected chi connectivity index (χ2v) is 8.92. The van der Waals surface area contributed by atoms with Crippen LogP contribution < -0.4 is 5.32 Å². The first-order valence-electron chi connectivity index (χ1n) is 8.35. The van der Waals surface area contributed by atoms with Gasteiger partial charge in [0.15, 0.2) is 9.84 Å². The third-order valence-electron chi connectivity index (χ3n) is 4.15. The Kier molecular flexibility index (Phi) is 5.68. The largest absolute Gasteiger partial charge is 0.322 e. The highest BCUT2D eigenvalue weighted by atomic mass is 32.2. The van der Waals surface area contributed by atoms with Gasteiger partial charge in [0, 0.05) is 17.5 Å². The number of anilines is 1. The van der Waals surface area contributed by atoms with Crippen molar-refractivity contribution in [3.8, 4) is 0 Å². The Morgan fingerprint density at radius 3 is 2.00 bits per heavy atom. The van der Waals surface area contributed by atoms with Crippen molar-refractivity contribution in [2.75, 3.05) is 11.6 Å². The van der Waals surface area contributed by atoms with Gasteiger partial charge in [0.25, 0.3) is 5.91 Å². The number of amides is 1. The molecule has 0 radical (unpaired) electrons. The Balaban J connectivity index is 2.29. The molecule has 0 aromatic heterocycles. The smallest absolute Gasteiger partial charge is 0.255 e. The van der Waals surface area contributed by atoms with Crippen molar-refractivity contribution >= 4 is 21.4 Å². The minimum absolute atomic E-state index is 0.189. The van der Waals surface area contributed by atoms with Gasteiger partial charge in [0.1, 0.15) is 0 Å². The SMILES string of the molecule is CC(C)c1ccc(C(=O)Nc2ccc(S(C)(=O)=O)cc2)c(C(C)C)c1. The molecule has 4 nitrogen and oxygen atoms in total. The lowest BCUT2D eigenvalue weighted by atomic mass is 9.91. The molecule has 0 aliphatic rings. The lowest BCUT2D eigenvalue weighted by Crippen LogP contribution is -2.15. The minimum Gasteiger partial charge on any atom is -0.322 e. The molecule has 0 heterocycles. The number of hydrogen-bond acceptors (Lipinski definition) is 3. The minimum atomic E-state index is -3.24. The number of rotatable bonds is 5. The van der Waals surface area contributed by atoms with Crippen LogP contribution in [0.2, 0.25) is 0 Å². The first-order chi connectivity index (χ1) is 11.6. The summed E-state index contributed by atoms with van der Waals surface area (Å²) in [6.07, 6.45) is 1.16. The van der Waals surface area contributed by atoms with E-state index in [2.05, 4.69) is 39.1 Å². The van der Waals surface area contributed by atoms with Gasteiger partial charge in [0.2, 0.25) is 0 Å². The number of carbonyl (C=O) groups excluding carboxylic acids is 1. The fraction of sp³-hybridized carbons (Fsp3) is 0.350. The third kappa shape index (κ3) is 4.69. The lowest BCUT2D eigenvalue weighted by molar-refractivity contribution is 0.102. The maximum absolute atomic E-state index is 12.7. The molecule has 0 bridgehead atoms. The molecule has 0 aliphatic carbocycles. The van der Waals surface area contributed by atoms with E-state index in [1.807, 2.05) is 12.1 Å². The standard InChI is InChI=1S/C20H25NO3S/c1-13(2)15-6-11-18(19(12-15)14(3)4)20(22)21-16-7-9-17(10-8-16)25(5,23)24/h6-14H,1-5H3,(H,21,22). The molecule has 0 saturated carbocycles.